The van der Waals surface area contributed by atoms with Gasteiger partial charge in [0.2, 0.25) is 5.91 Å². The Kier molecular flexibility index (Phi) is 7.16. The molecule has 0 aliphatic rings. The molecule has 1 aromatic carbocycles. The summed E-state index contributed by atoms with van der Waals surface area (Å²) in [6, 6.07) is 8.85. The monoisotopic (exact) mass is 246 g/mol. The molecule has 2 heteroatoms. The summed E-state index contributed by atoms with van der Waals surface area (Å²) in [4.78, 5) is 10.5. The summed E-state index contributed by atoms with van der Waals surface area (Å²) in [6.45, 7) is 2.22. The van der Waals surface area contributed by atoms with Gasteiger partial charge in [0.05, 0.1) is 0 Å². The lowest BCUT2D eigenvalue weighted by Crippen LogP contribution is -1.97. The second-order valence-corrected chi connectivity index (χ2v) is 4.91. The molecule has 0 fully saturated rings. The van der Waals surface area contributed by atoms with Gasteiger partial charge in [-0.3, -0.25) is 10.5 Å². The van der Waals surface area contributed by atoms with Gasteiger partial charge in [-0.1, -0.05) is 44.0 Å². The molecular formula is C16H24NO. The van der Waals surface area contributed by atoms with Crippen LogP contribution in [0, 0.1) is 0 Å². The minimum atomic E-state index is -0.434. The van der Waals surface area contributed by atoms with Crippen molar-refractivity contribution in [2.75, 3.05) is 0 Å². The molecule has 1 aromatic rings. The first kappa shape index (κ1) is 14.7. The lowest BCUT2D eigenvalue weighted by Gasteiger charge is -2.05. The number of hydrogen-bond donors (Lipinski definition) is 0. The van der Waals surface area contributed by atoms with Crippen molar-refractivity contribution in [3.05, 3.63) is 35.4 Å². The SMILES string of the molecule is CCCCc1cccc(CCCCCC([NH])=O)c1. The Bertz CT molecular complexity index is 360. The molecule has 99 valence electrons. The van der Waals surface area contributed by atoms with E-state index in [0.717, 1.165) is 25.7 Å². The number of carbonyl (C=O) groups is 1. The van der Waals surface area contributed by atoms with Crippen molar-refractivity contribution in [2.45, 2.75) is 58.3 Å². The molecule has 0 aliphatic carbocycles. The maximum absolute atomic E-state index is 10.5. The van der Waals surface area contributed by atoms with Gasteiger partial charge in [-0.2, -0.15) is 0 Å². The molecule has 0 atom stereocenters. The molecule has 2 nitrogen and oxygen atoms in total. The quantitative estimate of drug-likeness (QED) is 0.608. The predicted octanol–water partition coefficient (Wildman–Crippen LogP) is 3.94. The molecule has 0 bridgehead atoms. The van der Waals surface area contributed by atoms with Gasteiger partial charge in [0.25, 0.3) is 0 Å². The minimum Gasteiger partial charge on any atom is -0.273 e. The van der Waals surface area contributed by atoms with Gasteiger partial charge in [0.1, 0.15) is 0 Å². The maximum atomic E-state index is 10.5. The van der Waals surface area contributed by atoms with Gasteiger partial charge in [-0.25, -0.2) is 0 Å². The highest BCUT2D eigenvalue weighted by atomic mass is 16.1. The van der Waals surface area contributed by atoms with E-state index in [9.17, 15) is 4.79 Å². The Morgan fingerprint density at radius 3 is 2.33 bits per heavy atom. The molecule has 0 saturated carbocycles. The summed E-state index contributed by atoms with van der Waals surface area (Å²) >= 11 is 0. The normalized spacial score (nSPS) is 10.5. The van der Waals surface area contributed by atoms with Crippen LogP contribution in [0.15, 0.2) is 24.3 Å². The third-order valence-electron chi connectivity index (χ3n) is 3.18. The number of amides is 1. The summed E-state index contributed by atoms with van der Waals surface area (Å²) in [5, 5.41) is 0. The van der Waals surface area contributed by atoms with Gasteiger partial charge < -0.3 is 0 Å². The van der Waals surface area contributed by atoms with Gasteiger partial charge >= 0.3 is 0 Å². The van der Waals surface area contributed by atoms with Crippen molar-refractivity contribution < 1.29 is 4.79 Å². The smallest absolute Gasteiger partial charge is 0.238 e. The van der Waals surface area contributed by atoms with Crippen LogP contribution in [0.1, 0.15) is 56.6 Å². The Balaban J connectivity index is 2.26. The van der Waals surface area contributed by atoms with Crippen LogP contribution in [0.25, 0.3) is 0 Å². The molecule has 18 heavy (non-hydrogen) atoms. The highest BCUT2D eigenvalue weighted by Gasteiger charge is 1.98. The lowest BCUT2D eigenvalue weighted by molar-refractivity contribution is -0.118. The summed E-state index contributed by atoms with van der Waals surface area (Å²) in [6.07, 6.45) is 8.20. The van der Waals surface area contributed by atoms with E-state index < -0.39 is 5.91 Å². The number of hydrogen-bond acceptors (Lipinski definition) is 1. The van der Waals surface area contributed by atoms with E-state index in [1.165, 1.54) is 30.4 Å². The first-order valence-electron chi connectivity index (χ1n) is 7.04. The van der Waals surface area contributed by atoms with Crippen molar-refractivity contribution in [3.8, 4) is 0 Å². The second kappa shape index (κ2) is 8.73. The van der Waals surface area contributed by atoms with E-state index in [0.29, 0.717) is 6.42 Å². The Labute approximate surface area is 111 Å². The van der Waals surface area contributed by atoms with Crippen molar-refractivity contribution in [3.63, 3.8) is 0 Å². The third kappa shape index (κ3) is 6.43. The van der Waals surface area contributed by atoms with Crippen LogP contribution in [0.4, 0.5) is 0 Å². The molecule has 0 aliphatic heterocycles. The topological polar surface area (TPSA) is 40.9 Å². The highest BCUT2D eigenvalue weighted by Crippen LogP contribution is 2.12. The van der Waals surface area contributed by atoms with Crippen LogP contribution in [-0.4, -0.2) is 5.91 Å². The maximum Gasteiger partial charge on any atom is 0.238 e. The predicted molar refractivity (Wildman–Crippen MR) is 75.3 cm³/mol. The summed E-state index contributed by atoms with van der Waals surface area (Å²) in [5.74, 6) is -0.434. The fraction of sp³-hybridized carbons (Fsp3) is 0.562. The lowest BCUT2D eigenvalue weighted by atomic mass is 10.0. The van der Waals surface area contributed by atoms with Gasteiger partial charge in [-0.05, 0) is 43.2 Å². The second-order valence-electron chi connectivity index (χ2n) is 4.91. The molecule has 0 aromatic heterocycles. The standard InChI is InChI=1S/C16H24NO/c1-2-3-8-14-10-7-11-15(13-14)9-5-4-6-12-16(17)18/h7,10-11,13,17H,2-6,8-9,12H2,1H3. The van der Waals surface area contributed by atoms with E-state index in [4.69, 9.17) is 5.73 Å². The Morgan fingerprint density at radius 2 is 1.72 bits per heavy atom. The third-order valence-corrected chi connectivity index (χ3v) is 3.18. The molecule has 0 spiro atoms. The molecule has 0 unspecified atom stereocenters. The molecule has 0 heterocycles. The molecular weight excluding hydrogens is 222 g/mol. The van der Waals surface area contributed by atoms with Crippen LogP contribution in [0.2, 0.25) is 0 Å². The fourth-order valence-electron chi connectivity index (χ4n) is 2.11. The Morgan fingerprint density at radius 1 is 1.06 bits per heavy atom. The first-order valence-corrected chi connectivity index (χ1v) is 7.04. The Hall–Kier alpha value is -1.31. The van der Waals surface area contributed by atoms with Gasteiger partial charge in [0.15, 0.2) is 0 Å². The number of carbonyl (C=O) groups excluding carboxylic acids is 1. The van der Waals surface area contributed by atoms with Crippen molar-refractivity contribution in [1.29, 1.82) is 0 Å². The average Bonchev–Trinajstić information content (AvgIpc) is 2.36. The molecule has 1 rings (SSSR count). The van der Waals surface area contributed by atoms with Crippen LogP contribution in [0.5, 0.6) is 0 Å². The van der Waals surface area contributed by atoms with E-state index in [1.54, 1.807) is 0 Å². The first-order chi connectivity index (χ1) is 8.72. The zero-order chi connectivity index (χ0) is 13.2. The van der Waals surface area contributed by atoms with Crippen LogP contribution in [-0.2, 0) is 17.6 Å². The zero-order valence-corrected chi connectivity index (χ0v) is 11.4. The average molecular weight is 246 g/mol. The van der Waals surface area contributed by atoms with E-state index in [1.807, 2.05) is 0 Å². The molecule has 1 amide bonds. The van der Waals surface area contributed by atoms with Crippen LogP contribution >= 0.6 is 0 Å². The molecule has 0 saturated heterocycles. The number of unbranched alkanes of at least 4 members (excludes halogenated alkanes) is 3. The number of aryl methyl sites for hydroxylation is 2. The molecule has 1 radical (unpaired) electrons. The number of benzene rings is 1. The van der Waals surface area contributed by atoms with E-state index >= 15 is 0 Å². The van der Waals surface area contributed by atoms with Gasteiger partial charge in [0, 0.05) is 6.42 Å². The van der Waals surface area contributed by atoms with Crippen LogP contribution in [0.3, 0.4) is 0 Å². The van der Waals surface area contributed by atoms with E-state index in [2.05, 4.69) is 31.2 Å². The zero-order valence-electron chi connectivity index (χ0n) is 11.4. The van der Waals surface area contributed by atoms with Crippen molar-refractivity contribution in [2.24, 2.45) is 0 Å². The summed E-state index contributed by atoms with van der Waals surface area (Å²) < 4.78 is 0. The minimum absolute atomic E-state index is 0.413. The summed E-state index contributed by atoms with van der Waals surface area (Å²) in [7, 11) is 0. The van der Waals surface area contributed by atoms with E-state index in [-0.39, 0.29) is 0 Å². The van der Waals surface area contributed by atoms with Crippen LogP contribution < -0.4 is 5.73 Å². The largest absolute Gasteiger partial charge is 0.273 e. The van der Waals surface area contributed by atoms with Gasteiger partial charge in [-0.15, -0.1) is 0 Å². The number of rotatable bonds is 9. The van der Waals surface area contributed by atoms with Crippen molar-refractivity contribution >= 4 is 5.91 Å². The highest BCUT2D eigenvalue weighted by molar-refractivity contribution is 5.72. The fourth-order valence-corrected chi connectivity index (χ4v) is 2.11. The molecule has 1 N–H and O–H groups in total. The van der Waals surface area contributed by atoms with Crippen molar-refractivity contribution in [1.82, 2.24) is 5.73 Å². The summed E-state index contributed by atoms with van der Waals surface area (Å²) in [5.41, 5.74) is 9.67. The number of nitrogens with one attached hydrogen (secondary N) is 1.